The minimum Gasteiger partial charge on any atom is -0.471 e. The minimum atomic E-state index is -2.97. The van der Waals surface area contributed by atoms with Crippen LogP contribution in [0.25, 0.3) is 0 Å². The van der Waals surface area contributed by atoms with Gasteiger partial charge < -0.3 is 10.1 Å². The topological polar surface area (TPSA) is 81.2 Å². The molecule has 1 amide bonds. The van der Waals surface area contributed by atoms with Crippen LogP contribution in [-0.2, 0) is 11.2 Å². The number of carbonyl (C=O) groups is 2. The summed E-state index contributed by atoms with van der Waals surface area (Å²) in [5, 5.41) is 2.84. The summed E-state index contributed by atoms with van der Waals surface area (Å²) in [7, 11) is 0. The maximum Gasteiger partial charge on any atom is 0.278 e. The van der Waals surface area contributed by atoms with Crippen LogP contribution in [0.3, 0.4) is 0 Å². The molecular weight excluding hydrogens is 368 g/mol. The lowest BCUT2D eigenvalue weighted by Crippen LogP contribution is -2.27. The van der Waals surface area contributed by atoms with E-state index in [0.29, 0.717) is 11.3 Å². The number of nitrogens with zero attached hydrogens (tertiary/aromatic N) is 2. The number of hydrogen-bond acceptors (Lipinski definition) is 5. The van der Waals surface area contributed by atoms with E-state index in [1.807, 2.05) is 6.92 Å². The van der Waals surface area contributed by atoms with Crippen molar-refractivity contribution in [3.05, 3.63) is 53.0 Å². The lowest BCUT2D eigenvalue weighted by Gasteiger charge is -2.16. The summed E-state index contributed by atoms with van der Waals surface area (Å²) in [5.74, 6) is -3.26. The Bertz CT molecular complexity index is 866. The standard InChI is InChI=1S/C20H23F2N3O3/c1-12-7-16(10-24-19(12)28-11-20(4,21)22)18(27)25-14(3)15-5-6-23-17(9-15)8-13(2)26/h5-7,9-10,14H,8,11H2,1-4H3,(H,25,27). The third kappa shape index (κ3) is 6.37. The van der Waals surface area contributed by atoms with Crippen LogP contribution in [0.1, 0.15) is 54.0 Å². The summed E-state index contributed by atoms with van der Waals surface area (Å²) >= 11 is 0. The normalized spacial score (nSPS) is 12.4. The van der Waals surface area contributed by atoms with Crippen LogP contribution >= 0.6 is 0 Å². The second-order valence-electron chi connectivity index (χ2n) is 6.86. The first kappa shape index (κ1) is 21.4. The van der Waals surface area contributed by atoms with Gasteiger partial charge in [-0.2, -0.15) is 0 Å². The molecule has 8 heteroatoms. The largest absolute Gasteiger partial charge is 0.471 e. The number of halogens is 2. The summed E-state index contributed by atoms with van der Waals surface area (Å²) < 4.78 is 30.8. The second-order valence-corrected chi connectivity index (χ2v) is 6.86. The highest BCUT2D eigenvalue weighted by Gasteiger charge is 2.23. The molecule has 0 aliphatic heterocycles. The molecule has 150 valence electrons. The molecule has 1 atom stereocenters. The number of pyridine rings is 2. The molecule has 1 unspecified atom stereocenters. The van der Waals surface area contributed by atoms with E-state index in [1.54, 1.807) is 25.3 Å². The van der Waals surface area contributed by atoms with Crippen LogP contribution in [-0.4, -0.2) is 34.2 Å². The smallest absolute Gasteiger partial charge is 0.278 e. The molecule has 0 spiro atoms. The van der Waals surface area contributed by atoms with Gasteiger partial charge in [0.1, 0.15) is 5.78 Å². The Morgan fingerprint density at radius 3 is 2.61 bits per heavy atom. The van der Waals surface area contributed by atoms with Crippen LogP contribution in [0.15, 0.2) is 30.6 Å². The molecule has 0 aliphatic carbocycles. The molecular formula is C20H23F2N3O3. The maximum absolute atomic E-state index is 12.9. The average Bonchev–Trinajstić information content (AvgIpc) is 2.59. The molecule has 1 N–H and O–H groups in total. The number of rotatable bonds is 8. The second kappa shape index (κ2) is 8.86. The predicted octanol–water partition coefficient (Wildman–Crippen LogP) is 3.44. The number of hydrogen-bond donors (Lipinski definition) is 1. The highest BCUT2D eigenvalue weighted by Crippen LogP contribution is 2.20. The molecule has 0 saturated heterocycles. The van der Waals surface area contributed by atoms with Crippen molar-refractivity contribution in [3.63, 3.8) is 0 Å². The van der Waals surface area contributed by atoms with E-state index in [-0.39, 0.29) is 35.6 Å². The third-order valence-corrected chi connectivity index (χ3v) is 3.87. The van der Waals surface area contributed by atoms with Gasteiger partial charge in [0.15, 0.2) is 6.61 Å². The summed E-state index contributed by atoms with van der Waals surface area (Å²) in [5.41, 5.74) is 2.22. The number of aryl methyl sites for hydroxylation is 1. The van der Waals surface area contributed by atoms with Crippen molar-refractivity contribution in [1.29, 1.82) is 0 Å². The molecule has 0 radical (unpaired) electrons. The van der Waals surface area contributed by atoms with Gasteiger partial charge in [-0.15, -0.1) is 0 Å². The van der Waals surface area contributed by atoms with Gasteiger partial charge in [-0.1, -0.05) is 0 Å². The molecule has 28 heavy (non-hydrogen) atoms. The van der Waals surface area contributed by atoms with Crippen LogP contribution in [0, 0.1) is 6.92 Å². The number of ether oxygens (including phenoxy) is 1. The quantitative estimate of drug-likeness (QED) is 0.746. The molecule has 0 aromatic carbocycles. The molecule has 2 rings (SSSR count). The van der Waals surface area contributed by atoms with Gasteiger partial charge in [0, 0.05) is 37.0 Å². The molecule has 2 aromatic heterocycles. The Labute approximate surface area is 162 Å². The van der Waals surface area contributed by atoms with Crippen LogP contribution in [0.5, 0.6) is 5.88 Å². The van der Waals surface area contributed by atoms with Gasteiger partial charge in [-0.3, -0.25) is 14.6 Å². The van der Waals surface area contributed by atoms with Crippen molar-refractivity contribution in [2.45, 2.75) is 46.1 Å². The van der Waals surface area contributed by atoms with E-state index >= 15 is 0 Å². The van der Waals surface area contributed by atoms with Crippen molar-refractivity contribution < 1.29 is 23.1 Å². The number of nitrogens with one attached hydrogen (secondary N) is 1. The monoisotopic (exact) mass is 391 g/mol. The highest BCUT2D eigenvalue weighted by atomic mass is 19.3. The molecule has 0 fully saturated rings. The summed E-state index contributed by atoms with van der Waals surface area (Å²) in [6.07, 6.45) is 3.11. The number of aromatic nitrogens is 2. The highest BCUT2D eigenvalue weighted by molar-refractivity contribution is 5.94. The third-order valence-electron chi connectivity index (χ3n) is 3.87. The zero-order valence-electron chi connectivity index (χ0n) is 16.3. The predicted molar refractivity (Wildman–Crippen MR) is 99.6 cm³/mol. The van der Waals surface area contributed by atoms with E-state index in [4.69, 9.17) is 4.74 Å². The summed E-state index contributed by atoms with van der Waals surface area (Å²) in [6, 6.07) is 4.75. The first-order valence-electron chi connectivity index (χ1n) is 8.77. The lowest BCUT2D eigenvalue weighted by molar-refractivity contribution is -0.116. The van der Waals surface area contributed by atoms with Gasteiger partial charge in [0.05, 0.1) is 11.6 Å². The number of carbonyl (C=O) groups excluding carboxylic acids is 2. The van der Waals surface area contributed by atoms with Crippen molar-refractivity contribution in [2.24, 2.45) is 0 Å². The van der Waals surface area contributed by atoms with Gasteiger partial charge in [-0.05, 0) is 44.5 Å². The van der Waals surface area contributed by atoms with Crippen LogP contribution < -0.4 is 10.1 Å². The van der Waals surface area contributed by atoms with Gasteiger partial charge >= 0.3 is 0 Å². The molecule has 2 aromatic rings. The number of ketones is 1. The molecule has 2 heterocycles. The zero-order chi connectivity index (χ0) is 20.9. The molecule has 0 bridgehead atoms. The first-order valence-corrected chi connectivity index (χ1v) is 8.77. The van der Waals surface area contributed by atoms with Crippen LogP contribution in [0.2, 0.25) is 0 Å². The van der Waals surface area contributed by atoms with Crippen molar-refractivity contribution in [3.8, 4) is 5.88 Å². The first-order chi connectivity index (χ1) is 13.0. The van der Waals surface area contributed by atoms with Crippen LogP contribution in [0.4, 0.5) is 8.78 Å². The average molecular weight is 391 g/mol. The Morgan fingerprint density at radius 2 is 2.00 bits per heavy atom. The van der Waals surface area contributed by atoms with E-state index in [0.717, 1.165) is 12.5 Å². The maximum atomic E-state index is 12.9. The van der Waals surface area contributed by atoms with Gasteiger partial charge in [0.25, 0.3) is 11.8 Å². The minimum absolute atomic E-state index is 0.00559. The number of amides is 1. The van der Waals surface area contributed by atoms with Crippen molar-refractivity contribution >= 4 is 11.7 Å². The lowest BCUT2D eigenvalue weighted by atomic mass is 10.1. The van der Waals surface area contributed by atoms with E-state index in [2.05, 4.69) is 15.3 Å². The van der Waals surface area contributed by atoms with E-state index in [9.17, 15) is 18.4 Å². The SMILES string of the molecule is CC(=O)Cc1cc(C(C)NC(=O)c2cnc(OCC(C)(F)F)c(C)c2)ccn1. The molecule has 6 nitrogen and oxygen atoms in total. The number of Topliss-reactive ketones (excluding diaryl/α,β-unsaturated/α-hetero) is 1. The Kier molecular flexibility index (Phi) is 6.77. The molecule has 0 saturated carbocycles. The van der Waals surface area contributed by atoms with E-state index in [1.165, 1.54) is 19.2 Å². The Balaban J connectivity index is 2.06. The van der Waals surface area contributed by atoms with E-state index < -0.39 is 12.5 Å². The fourth-order valence-corrected chi connectivity index (χ4v) is 2.51. The van der Waals surface area contributed by atoms with Crippen molar-refractivity contribution in [2.75, 3.05) is 6.61 Å². The Morgan fingerprint density at radius 1 is 1.29 bits per heavy atom. The van der Waals surface area contributed by atoms with Crippen molar-refractivity contribution in [1.82, 2.24) is 15.3 Å². The van der Waals surface area contributed by atoms with Gasteiger partial charge in [-0.25, -0.2) is 13.8 Å². The fourth-order valence-electron chi connectivity index (χ4n) is 2.51. The zero-order valence-corrected chi connectivity index (χ0v) is 16.3. The summed E-state index contributed by atoms with van der Waals surface area (Å²) in [6.45, 7) is 4.91. The fraction of sp³-hybridized carbons (Fsp3) is 0.400. The van der Waals surface area contributed by atoms with Gasteiger partial charge in [0.2, 0.25) is 5.88 Å². The molecule has 0 aliphatic rings. The Hall–Kier alpha value is -2.90. The number of alkyl halides is 2. The summed E-state index contributed by atoms with van der Waals surface area (Å²) in [4.78, 5) is 31.8.